The molecular weight excluding hydrogens is 1310 g/mol. The van der Waals surface area contributed by atoms with Crippen LogP contribution in [0.1, 0.15) is 213 Å². The number of aryl methyl sites for hydroxylation is 1. The molecule has 12 heteroatoms. The summed E-state index contributed by atoms with van der Waals surface area (Å²) < 4.78 is 2.20. The second-order valence-electron chi connectivity index (χ2n) is 36.3. The number of nitrogens with one attached hydrogen (secondary N) is 3. The van der Waals surface area contributed by atoms with Gasteiger partial charge in [0.25, 0.3) is 0 Å². The fourth-order valence-electron chi connectivity index (χ4n) is 14.6. The normalized spacial score (nSPS) is 17.6. The molecule has 12 nitrogen and oxygen atoms in total. The predicted molar refractivity (Wildman–Crippen MR) is 456 cm³/mol. The summed E-state index contributed by atoms with van der Waals surface area (Å²) in [5.41, 5.74) is 24.4. The van der Waals surface area contributed by atoms with Crippen molar-refractivity contribution in [3.05, 3.63) is 250 Å². The number of benzene rings is 6. The summed E-state index contributed by atoms with van der Waals surface area (Å²) in [6.07, 6.45) is 14.0. The van der Waals surface area contributed by atoms with Crippen molar-refractivity contribution in [2.45, 2.75) is 258 Å². The Kier molecular flexibility index (Phi) is 29.2. The zero-order valence-electron chi connectivity index (χ0n) is 69.6. The molecule has 7 aliphatic rings. The first kappa shape index (κ1) is 83.2. The highest BCUT2D eigenvalue weighted by atomic mass is 15.3. The highest BCUT2D eigenvalue weighted by molar-refractivity contribution is 5.97. The summed E-state index contributed by atoms with van der Waals surface area (Å²) in [7, 11) is 0. The predicted octanol–water partition coefficient (Wildman–Crippen LogP) is 21.4. The lowest BCUT2D eigenvalue weighted by atomic mass is 9.71. The average molecular weight is 1440 g/mol. The van der Waals surface area contributed by atoms with Crippen LogP contribution < -0.4 is 16.0 Å². The highest BCUT2D eigenvalue weighted by Gasteiger charge is 2.31. The van der Waals surface area contributed by atoms with Crippen LogP contribution in [0.4, 0.5) is 17.1 Å². The maximum Gasteiger partial charge on any atom is 0.0963 e. The number of hydrogen-bond donors (Lipinski definition) is 3. The van der Waals surface area contributed by atoms with Crippen molar-refractivity contribution in [3.8, 4) is 0 Å². The van der Waals surface area contributed by atoms with E-state index in [0.717, 1.165) is 95.5 Å². The van der Waals surface area contributed by atoms with E-state index in [0.29, 0.717) is 35.0 Å². The Morgan fingerprint density at radius 2 is 0.907 bits per heavy atom. The van der Waals surface area contributed by atoms with Crippen LogP contribution in [0.3, 0.4) is 0 Å². The van der Waals surface area contributed by atoms with Crippen LogP contribution in [0.2, 0.25) is 0 Å². The Balaban J connectivity index is 0.000000141. The summed E-state index contributed by atoms with van der Waals surface area (Å²) in [5.74, 6) is 0.859. The van der Waals surface area contributed by atoms with Gasteiger partial charge in [-0.2, -0.15) is 0 Å². The van der Waals surface area contributed by atoms with Crippen LogP contribution in [0.5, 0.6) is 0 Å². The molecule has 0 spiro atoms. The van der Waals surface area contributed by atoms with Crippen LogP contribution in [-0.2, 0) is 76.8 Å². The van der Waals surface area contributed by atoms with Crippen LogP contribution >= 0.6 is 0 Å². The number of nitrogens with zero attached hydrogens (tertiary/aromatic N) is 9. The van der Waals surface area contributed by atoms with Gasteiger partial charge in [-0.05, 0) is 224 Å². The lowest BCUT2D eigenvalue weighted by molar-refractivity contribution is 0.118. The number of hydrogen-bond acceptors (Lipinski definition) is 11. The van der Waals surface area contributed by atoms with Gasteiger partial charge in [0.05, 0.1) is 42.1 Å². The minimum absolute atomic E-state index is 0.107. The van der Waals surface area contributed by atoms with Gasteiger partial charge in [0, 0.05) is 134 Å². The smallest absolute Gasteiger partial charge is 0.0963 e. The minimum Gasteiger partial charge on any atom is -0.372 e. The fraction of sp³-hybridized carbons (Fsp3) is 0.495. The summed E-state index contributed by atoms with van der Waals surface area (Å²) in [6.45, 7) is 56.9. The molecule has 0 radical (unpaired) electrons. The van der Waals surface area contributed by atoms with Gasteiger partial charge in [0.15, 0.2) is 0 Å². The van der Waals surface area contributed by atoms with Gasteiger partial charge in [0.1, 0.15) is 0 Å². The van der Waals surface area contributed by atoms with E-state index in [2.05, 4.69) is 339 Å². The van der Waals surface area contributed by atoms with E-state index in [1.807, 2.05) is 55.1 Å². The second kappa shape index (κ2) is 37.5. The molecule has 1 aliphatic carbocycles. The molecule has 2 atom stereocenters. The molecular formula is C95H134N12. The molecule has 574 valence electrons. The topological polar surface area (TPSA) is 105 Å². The first-order valence-corrected chi connectivity index (χ1v) is 40.1. The average Bonchev–Trinajstić information content (AvgIpc) is 1.77. The third-order valence-corrected chi connectivity index (χ3v) is 22.2. The zero-order chi connectivity index (χ0) is 77.3. The lowest BCUT2D eigenvalue weighted by Gasteiger charge is -2.38. The van der Waals surface area contributed by atoms with Gasteiger partial charge < -0.3 is 20.5 Å². The van der Waals surface area contributed by atoms with E-state index in [4.69, 9.17) is 0 Å². The molecule has 107 heavy (non-hydrogen) atoms. The Hall–Kier alpha value is -7.84. The number of imidazole rings is 1. The summed E-state index contributed by atoms with van der Waals surface area (Å²) in [4.78, 5) is 27.6. The monoisotopic (exact) mass is 1440 g/mol. The van der Waals surface area contributed by atoms with Crippen molar-refractivity contribution in [3.63, 3.8) is 0 Å². The molecule has 6 aliphatic heterocycles. The Labute approximate surface area is 647 Å². The van der Waals surface area contributed by atoms with E-state index >= 15 is 0 Å². The molecule has 0 bridgehead atoms. The summed E-state index contributed by atoms with van der Waals surface area (Å²) in [5, 5.41) is 10.5. The molecule has 2 unspecified atom stereocenters. The standard InChI is InChI=1S/C14H20.C13H19N.C12H18N2.C12H15N.C11H14N2.3C11H16N2/c1-14(2,3)13-9-8-11-6-4-5-7-12(11)10-13;1-13(2,3)12-8-10-6-4-5-7-11(10)9-14-12;1-12(2,3)14-8-6-10-5-4-7-13-11(10)9-14;1-12(2,3)11-8-9-6-4-5-7-10(9)13-11;1-11(2,3)13-8-12-9-6-4-5-7-10(9)13;1-9(2)13-7-5-11-10(8-13)4-3-6-12-11;2*1-9(2)13-7-10-5-3-4-6-11(10)12-8-13/h4-7,13H,8-10H2,1-3H3;4-7,12,14H,8-9H2,1-3H3;4-5,7H,6,8-9H2,1-3H3;4-7H,8H2,1-3H3;4-8H,1-3H3;3-4,6,9H,5,7-8H2,1-2H3;2*3-6,9,12H,7-8H2,1-2H3. The number of aliphatic imine (C=N–C) groups is 1. The largest absolute Gasteiger partial charge is 0.372 e. The Bertz CT molecular complexity index is 3950. The van der Waals surface area contributed by atoms with Crippen LogP contribution in [0, 0.1) is 22.2 Å². The number of pyridine rings is 2. The SMILES string of the molecule is CC(C)(C)C1=Nc2ccccc2C1.CC(C)(C)C1CCc2ccccc2C1.CC(C)(C)C1Cc2ccccc2CN1.CC(C)(C)N1CCc2cccnc2C1.CC(C)(C)n1cnc2ccccc21.CC(C)N1CCc2ncccc2C1.CC(C)N1CNc2ccccc2C1.CC(C)N1CNc2ccccc2C1. The summed E-state index contributed by atoms with van der Waals surface area (Å²) in [6, 6.07) is 62.2. The number of fused-ring (bicyclic) bond motifs is 8. The van der Waals surface area contributed by atoms with Crippen LogP contribution in [0.25, 0.3) is 11.0 Å². The van der Waals surface area contributed by atoms with Crippen molar-refractivity contribution in [2.24, 2.45) is 27.2 Å². The molecule has 6 aromatic carbocycles. The second-order valence-corrected chi connectivity index (χ2v) is 36.3. The minimum atomic E-state index is 0.107. The highest BCUT2D eigenvalue weighted by Crippen LogP contribution is 2.38. The van der Waals surface area contributed by atoms with Crippen molar-refractivity contribution < 1.29 is 0 Å². The molecule has 0 saturated carbocycles. The first-order valence-electron chi connectivity index (χ1n) is 40.1. The van der Waals surface area contributed by atoms with Gasteiger partial charge in [-0.1, -0.05) is 190 Å². The van der Waals surface area contributed by atoms with Crippen molar-refractivity contribution >= 4 is 33.8 Å². The van der Waals surface area contributed by atoms with Crippen LogP contribution in [0.15, 0.2) is 194 Å². The molecule has 9 aromatic rings. The van der Waals surface area contributed by atoms with Crippen molar-refractivity contribution in [1.82, 2.24) is 44.4 Å². The molecule has 16 rings (SSSR count). The third kappa shape index (κ3) is 24.3. The van der Waals surface area contributed by atoms with Gasteiger partial charge in [-0.25, -0.2) is 4.98 Å². The molecule has 9 heterocycles. The molecule has 0 fully saturated rings. The number of para-hydroxylation sites is 5. The van der Waals surface area contributed by atoms with Crippen molar-refractivity contribution in [2.75, 3.05) is 37.1 Å². The van der Waals surface area contributed by atoms with Crippen molar-refractivity contribution in [1.29, 1.82) is 0 Å². The Morgan fingerprint density at radius 3 is 1.46 bits per heavy atom. The molecule has 3 aromatic heterocycles. The number of rotatable bonds is 3. The van der Waals surface area contributed by atoms with Gasteiger partial charge >= 0.3 is 0 Å². The van der Waals surface area contributed by atoms with E-state index < -0.39 is 0 Å². The molecule has 0 amide bonds. The van der Waals surface area contributed by atoms with Gasteiger partial charge in [-0.15, -0.1) is 0 Å². The first-order chi connectivity index (χ1) is 50.7. The number of anilines is 2. The maximum atomic E-state index is 4.64. The zero-order valence-corrected chi connectivity index (χ0v) is 69.6. The van der Waals surface area contributed by atoms with Gasteiger partial charge in [-0.3, -0.25) is 34.6 Å². The van der Waals surface area contributed by atoms with Crippen LogP contribution in [-0.4, -0.2) is 101 Å². The Morgan fingerprint density at radius 1 is 0.411 bits per heavy atom. The quantitative estimate of drug-likeness (QED) is 0.158. The van der Waals surface area contributed by atoms with E-state index in [9.17, 15) is 0 Å². The summed E-state index contributed by atoms with van der Waals surface area (Å²) >= 11 is 0. The third-order valence-electron chi connectivity index (χ3n) is 22.2. The van der Waals surface area contributed by atoms with Gasteiger partial charge in [0.2, 0.25) is 0 Å². The van der Waals surface area contributed by atoms with E-state index in [1.54, 1.807) is 11.1 Å². The maximum absolute atomic E-state index is 4.64. The van der Waals surface area contributed by atoms with E-state index in [1.165, 1.54) is 98.6 Å². The number of aromatic nitrogens is 4. The van der Waals surface area contributed by atoms with E-state index in [-0.39, 0.29) is 16.5 Å². The molecule has 3 N–H and O–H groups in total. The fourth-order valence-corrected chi connectivity index (χ4v) is 14.6. The molecule has 0 saturated heterocycles. The lowest BCUT2D eigenvalue weighted by Crippen LogP contribution is -2.44.